The van der Waals surface area contributed by atoms with Crippen molar-refractivity contribution in [2.24, 2.45) is 7.05 Å². The summed E-state index contributed by atoms with van der Waals surface area (Å²) in [5.41, 5.74) is 2.44. The first kappa shape index (κ1) is 18.6. The topological polar surface area (TPSA) is 83.6 Å². The van der Waals surface area contributed by atoms with Crippen LogP contribution in [0.4, 0.5) is 5.69 Å². The normalized spacial score (nSPS) is 11.1. The molecule has 134 valence electrons. The third-order valence-electron chi connectivity index (χ3n) is 3.60. The number of benzene rings is 1. The summed E-state index contributed by atoms with van der Waals surface area (Å²) in [6.07, 6.45) is 6.53. The maximum Gasteiger partial charge on any atom is 0.266 e. The SMILES string of the molecule is Cn1cc(C=C(C#N)C(=O)Nc2cc(Cl)cc(Cl)c2)c(-c2ccncc2)n1. The minimum atomic E-state index is -0.569. The lowest BCUT2D eigenvalue weighted by Crippen LogP contribution is -2.13. The Morgan fingerprint density at radius 2 is 1.89 bits per heavy atom. The molecule has 1 amide bonds. The number of pyridine rings is 1. The number of amides is 1. The van der Waals surface area contributed by atoms with E-state index in [9.17, 15) is 10.1 Å². The third-order valence-corrected chi connectivity index (χ3v) is 4.03. The highest BCUT2D eigenvalue weighted by Gasteiger charge is 2.14. The molecule has 0 saturated heterocycles. The maximum atomic E-state index is 12.5. The molecule has 2 aromatic heterocycles. The smallest absolute Gasteiger partial charge is 0.266 e. The van der Waals surface area contributed by atoms with Gasteiger partial charge >= 0.3 is 0 Å². The monoisotopic (exact) mass is 397 g/mol. The molecule has 0 unspecified atom stereocenters. The molecule has 0 fully saturated rings. The summed E-state index contributed by atoms with van der Waals surface area (Å²) in [7, 11) is 1.77. The Morgan fingerprint density at radius 3 is 2.52 bits per heavy atom. The van der Waals surface area contributed by atoms with Crippen molar-refractivity contribution >= 4 is 40.9 Å². The summed E-state index contributed by atoms with van der Waals surface area (Å²) < 4.78 is 1.62. The molecule has 8 heteroatoms. The summed E-state index contributed by atoms with van der Waals surface area (Å²) in [5, 5.41) is 17.2. The van der Waals surface area contributed by atoms with Gasteiger partial charge in [-0.05, 0) is 36.4 Å². The number of nitriles is 1. The second-order valence-corrected chi connectivity index (χ2v) is 6.50. The van der Waals surface area contributed by atoms with Gasteiger partial charge in [-0.15, -0.1) is 0 Å². The van der Waals surface area contributed by atoms with Gasteiger partial charge in [0.05, 0.1) is 5.69 Å². The van der Waals surface area contributed by atoms with E-state index in [1.165, 1.54) is 6.08 Å². The fourth-order valence-corrected chi connectivity index (χ4v) is 3.00. The Hall–Kier alpha value is -3.14. The van der Waals surface area contributed by atoms with Crippen molar-refractivity contribution in [3.63, 3.8) is 0 Å². The van der Waals surface area contributed by atoms with Crippen LogP contribution in [0, 0.1) is 11.3 Å². The number of halogens is 2. The Balaban J connectivity index is 1.93. The molecule has 3 rings (SSSR count). The molecule has 0 saturated carbocycles. The number of aryl methyl sites for hydroxylation is 1. The molecular formula is C19H13Cl2N5O. The number of carbonyl (C=O) groups excluding carboxylic acids is 1. The van der Waals surface area contributed by atoms with E-state index in [4.69, 9.17) is 23.2 Å². The van der Waals surface area contributed by atoms with Gasteiger partial charge in [-0.3, -0.25) is 14.5 Å². The summed E-state index contributed by atoms with van der Waals surface area (Å²) in [6.45, 7) is 0. The first-order chi connectivity index (χ1) is 13.0. The predicted octanol–water partition coefficient (Wildman–Crippen LogP) is 4.33. The zero-order chi connectivity index (χ0) is 19.4. The predicted molar refractivity (Wildman–Crippen MR) is 105 cm³/mol. The van der Waals surface area contributed by atoms with Gasteiger partial charge in [-0.2, -0.15) is 10.4 Å². The van der Waals surface area contributed by atoms with Gasteiger partial charge in [-0.1, -0.05) is 23.2 Å². The summed E-state index contributed by atoms with van der Waals surface area (Å²) in [5.74, 6) is -0.569. The largest absolute Gasteiger partial charge is 0.321 e. The first-order valence-electron chi connectivity index (χ1n) is 7.79. The number of hydrogen-bond donors (Lipinski definition) is 1. The van der Waals surface area contributed by atoms with Crippen molar-refractivity contribution < 1.29 is 4.79 Å². The Morgan fingerprint density at radius 1 is 1.22 bits per heavy atom. The van der Waals surface area contributed by atoms with E-state index < -0.39 is 5.91 Å². The number of anilines is 1. The van der Waals surface area contributed by atoms with Crippen LogP contribution >= 0.6 is 23.2 Å². The molecule has 0 bridgehead atoms. The van der Waals surface area contributed by atoms with E-state index >= 15 is 0 Å². The molecule has 0 aliphatic rings. The highest BCUT2D eigenvalue weighted by atomic mass is 35.5. The van der Waals surface area contributed by atoms with Gasteiger partial charge in [0, 0.05) is 52.5 Å². The number of aromatic nitrogens is 3. The molecule has 27 heavy (non-hydrogen) atoms. The Bertz CT molecular complexity index is 1050. The van der Waals surface area contributed by atoms with Crippen molar-refractivity contribution in [1.82, 2.24) is 14.8 Å². The summed E-state index contributed by atoms with van der Waals surface area (Å²) >= 11 is 11.9. The van der Waals surface area contributed by atoms with Crippen LogP contribution in [0.5, 0.6) is 0 Å². The van der Waals surface area contributed by atoms with Crippen molar-refractivity contribution in [2.75, 3.05) is 5.32 Å². The van der Waals surface area contributed by atoms with Gasteiger partial charge in [-0.25, -0.2) is 0 Å². The second-order valence-electron chi connectivity index (χ2n) is 5.62. The van der Waals surface area contributed by atoms with E-state index in [2.05, 4.69) is 15.4 Å². The second kappa shape index (κ2) is 8.04. The molecule has 6 nitrogen and oxygen atoms in total. The molecule has 0 atom stereocenters. The Labute approximate surface area is 165 Å². The highest BCUT2D eigenvalue weighted by molar-refractivity contribution is 6.35. The van der Waals surface area contributed by atoms with Gasteiger partial charge in [0.25, 0.3) is 5.91 Å². The van der Waals surface area contributed by atoms with Crippen LogP contribution in [0.1, 0.15) is 5.56 Å². The van der Waals surface area contributed by atoms with Crippen molar-refractivity contribution in [2.45, 2.75) is 0 Å². The zero-order valence-corrected chi connectivity index (χ0v) is 15.7. The van der Waals surface area contributed by atoms with Crippen LogP contribution in [0.2, 0.25) is 10.0 Å². The molecule has 0 aliphatic carbocycles. The molecule has 1 aromatic carbocycles. The number of nitrogens with one attached hydrogen (secondary N) is 1. The fourth-order valence-electron chi connectivity index (χ4n) is 2.48. The van der Waals surface area contributed by atoms with Gasteiger partial charge in [0.2, 0.25) is 0 Å². The minimum Gasteiger partial charge on any atom is -0.321 e. The lowest BCUT2D eigenvalue weighted by Gasteiger charge is -2.06. The van der Waals surface area contributed by atoms with Crippen LogP contribution in [0.3, 0.4) is 0 Å². The third kappa shape index (κ3) is 4.53. The van der Waals surface area contributed by atoms with Crippen molar-refractivity contribution in [1.29, 1.82) is 5.26 Å². The minimum absolute atomic E-state index is 0.0746. The standard InChI is InChI=1S/C19H13Cl2N5O/c1-26-11-14(18(25-26)12-2-4-23-5-3-12)6-13(10-22)19(27)24-17-8-15(20)7-16(21)9-17/h2-9,11H,1H3,(H,24,27). The van der Waals surface area contributed by atoms with Crippen LogP contribution < -0.4 is 5.32 Å². The average Bonchev–Trinajstić information content (AvgIpc) is 2.99. The molecule has 2 heterocycles. The van der Waals surface area contributed by atoms with E-state index in [1.807, 2.05) is 6.07 Å². The number of carbonyl (C=O) groups is 1. The number of hydrogen-bond acceptors (Lipinski definition) is 4. The lowest BCUT2D eigenvalue weighted by atomic mass is 10.1. The molecule has 0 radical (unpaired) electrons. The van der Waals surface area contributed by atoms with Gasteiger partial charge < -0.3 is 5.32 Å². The van der Waals surface area contributed by atoms with E-state index in [1.54, 1.807) is 60.7 Å². The van der Waals surface area contributed by atoms with Crippen LogP contribution in [0.25, 0.3) is 17.3 Å². The van der Waals surface area contributed by atoms with Crippen LogP contribution in [-0.4, -0.2) is 20.7 Å². The van der Waals surface area contributed by atoms with Crippen molar-refractivity contribution in [3.05, 3.63) is 70.1 Å². The van der Waals surface area contributed by atoms with Crippen LogP contribution in [-0.2, 0) is 11.8 Å². The fraction of sp³-hybridized carbons (Fsp3) is 0.0526. The molecule has 3 aromatic rings. The summed E-state index contributed by atoms with van der Waals surface area (Å²) in [4.78, 5) is 16.5. The molecule has 0 aliphatic heterocycles. The van der Waals surface area contributed by atoms with Gasteiger partial charge in [0.1, 0.15) is 11.6 Å². The lowest BCUT2D eigenvalue weighted by molar-refractivity contribution is -0.112. The maximum absolute atomic E-state index is 12.5. The number of nitrogens with zero attached hydrogens (tertiary/aromatic N) is 4. The van der Waals surface area contributed by atoms with E-state index in [0.717, 1.165) is 5.56 Å². The van der Waals surface area contributed by atoms with Gasteiger partial charge in [0.15, 0.2) is 0 Å². The van der Waals surface area contributed by atoms with E-state index in [0.29, 0.717) is 27.0 Å². The quantitative estimate of drug-likeness (QED) is 0.524. The summed E-state index contributed by atoms with van der Waals surface area (Å²) in [6, 6.07) is 10.2. The molecule has 0 spiro atoms. The van der Waals surface area contributed by atoms with E-state index in [-0.39, 0.29) is 5.57 Å². The molecular weight excluding hydrogens is 385 g/mol. The first-order valence-corrected chi connectivity index (χ1v) is 8.55. The Kier molecular flexibility index (Phi) is 5.55. The van der Waals surface area contributed by atoms with Crippen molar-refractivity contribution in [3.8, 4) is 17.3 Å². The molecule has 1 N–H and O–H groups in total. The van der Waals surface area contributed by atoms with Crippen LogP contribution in [0.15, 0.2) is 54.5 Å². The zero-order valence-electron chi connectivity index (χ0n) is 14.1. The number of rotatable bonds is 4. The average molecular weight is 398 g/mol. The highest BCUT2D eigenvalue weighted by Crippen LogP contribution is 2.25.